The minimum Gasteiger partial charge on any atom is -0.464 e. The Morgan fingerprint density at radius 1 is 1.00 bits per heavy atom. The van der Waals surface area contributed by atoms with Crippen LogP contribution in [-0.2, 0) is 34.4 Å². The van der Waals surface area contributed by atoms with Gasteiger partial charge in [-0.05, 0) is 49.9 Å². The molecule has 4 rings (SSSR count). The number of anilines is 1. The van der Waals surface area contributed by atoms with Gasteiger partial charge >= 0.3 is 12.1 Å². The summed E-state index contributed by atoms with van der Waals surface area (Å²) >= 11 is 0. The van der Waals surface area contributed by atoms with E-state index in [2.05, 4.69) is 25.0 Å². The molecule has 4 aromatic rings. The topological polar surface area (TPSA) is 163 Å². The minimum absolute atomic E-state index is 0.153. The summed E-state index contributed by atoms with van der Waals surface area (Å²) in [4.78, 5) is 25.0. The molecule has 2 aromatic heterocycles. The van der Waals surface area contributed by atoms with Crippen molar-refractivity contribution in [2.24, 2.45) is 0 Å². The van der Waals surface area contributed by atoms with Gasteiger partial charge in [-0.25, -0.2) is 22.9 Å². The maximum Gasteiger partial charge on any atom is 0.407 e. The van der Waals surface area contributed by atoms with E-state index in [0.717, 1.165) is 23.1 Å². The Balaban J connectivity index is 1.17. The second kappa shape index (κ2) is 13.2. The lowest BCUT2D eigenvalue weighted by Gasteiger charge is -2.10. The average Bonchev–Trinajstić information content (AvgIpc) is 3.35. The number of benzene rings is 2. The highest BCUT2D eigenvalue weighted by Crippen LogP contribution is 2.19. The van der Waals surface area contributed by atoms with E-state index in [1.807, 2.05) is 42.7 Å². The predicted molar refractivity (Wildman–Crippen MR) is 150 cm³/mol. The van der Waals surface area contributed by atoms with Crippen LogP contribution in [0.2, 0.25) is 0 Å². The van der Waals surface area contributed by atoms with Gasteiger partial charge in [-0.2, -0.15) is 9.97 Å². The van der Waals surface area contributed by atoms with Gasteiger partial charge in [-0.3, -0.25) is 0 Å². The SMILES string of the molecule is CCOc1nc(N)c2ncn(CCCCOC(=O)NCc3ccc(S(=O)(=O)NCc4ccc(C)cc4)cc3)c2n1. The smallest absolute Gasteiger partial charge is 0.407 e. The van der Waals surface area contributed by atoms with Crippen LogP contribution in [0.1, 0.15) is 36.5 Å². The Morgan fingerprint density at radius 3 is 2.42 bits per heavy atom. The molecule has 2 aromatic carbocycles. The molecule has 2 heterocycles. The van der Waals surface area contributed by atoms with Crippen molar-refractivity contribution in [3.63, 3.8) is 0 Å². The zero-order valence-electron chi connectivity index (χ0n) is 22.5. The number of unbranched alkanes of at least 4 members (excludes halogenated alkanes) is 1. The Labute approximate surface area is 233 Å². The molecule has 12 nitrogen and oxygen atoms in total. The molecule has 0 radical (unpaired) electrons. The molecule has 4 N–H and O–H groups in total. The number of rotatable bonds is 13. The van der Waals surface area contributed by atoms with E-state index in [1.165, 1.54) is 12.1 Å². The summed E-state index contributed by atoms with van der Waals surface area (Å²) in [7, 11) is -3.66. The van der Waals surface area contributed by atoms with Crippen molar-refractivity contribution in [2.45, 2.75) is 51.2 Å². The van der Waals surface area contributed by atoms with Crippen LogP contribution < -0.4 is 20.5 Å². The Hall–Kier alpha value is -4.23. The second-order valence-corrected chi connectivity index (χ2v) is 10.9. The van der Waals surface area contributed by atoms with Crippen LogP contribution in [0.5, 0.6) is 6.01 Å². The molecule has 0 unspecified atom stereocenters. The molecule has 13 heteroatoms. The number of fused-ring (bicyclic) bond motifs is 1. The van der Waals surface area contributed by atoms with Gasteiger partial charge in [0.05, 0.1) is 24.4 Å². The van der Waals surface area contributed by atoms with E-state index >= 15 is 0 Å². The third-order valence-electron chi connectivity index (χ3n) is 6.03. The van der Waals surface area contributed by atoms with Crippen LogP contribution in [0.15, 0.2) is 59.8 Å². The molecule has 0 fully saturated rings. The molecule has 0 aliphatic heterocycles. The van der Waals surface area contributed by atoms with Crippen LogP contribution in [0.3, 0.4) is 0 Å². The van der Waals surface area contributed by atoms with Crippen molar-refractivity contribution < 1.29 is 22.7 Å². The molecule has 0 spiro atoms. The number of aryl methyl sites for hydroxylation is 2. The highest BCUT2D eigenvalue weighted by atomic mass is 32.2. The number of ether oxygens (including phenoxy) is 2. The van der Waals surface area contributed by atoms with Gasteiger partial charge in [0.25, 0.3) is 0 Å². The van der Waals surface area contributed by atoms with Gasteiger partial charge in [-0.1, -0.05) is 42.0 Å². The van der Waals surface area contributed by atoms with Crippen LogP contribution in [0.25, 0.3) is 11.2 Å². The van der Waals surface area contributed by atoms with Crippen molar-refractivity contribution in [1.82, 2.24) is 29.6 Å². The molecule has 0 aliphatic rings. The summed E-state index contributed by atoms with van der Waals surface area (Å²) in [5.74, 6) is 0.262. The van der Waals surface area contributed by atoms with Crippen molar-refractivity contribution in [3.05, 3.63) is 71.5 Å². The highest BCUT2D eigenvalue weighted by molar-refractivity contribution is 7.89. The van der Waals surface area contributed by atoms with E-state index in [-0.39, 0.29) is 36.4 Å². The number of alkyl carbamates (subject to hydrolysis) is 1. The number of hydrogen-bond donors (Lipinski definition) is 3. The Morgan fingerprint density at radius 2 is 1.70 bits per heavy atom. The molecular formula is C27H33N7O5S. The lowest BCUT2D eigenvalue weighted by atomic mass is 10.2. The number of hydrogen-bond acceptors (Lipinski definition) is 9. The Kier molecular flexibility index (Phi) is 9.51. The van der Waals surface area contributed by atoms with Gasteiger partial charge < -0.3 is 25.1 Å². The molecule has 0 saturated heterocycles. The molecule has 0 aliphatic carbocycles. The lowest BCUT2D eigenvalue weighted by Crippen LogP contribution is -2.25. The zero-order valence-corrected chi connectivity index (χ0v) is 23.3. The van der Waals surface area contributed by atoms with Crippen LogP contribution in [0.4, 0.5) is 10.6 Å². The van der Waals surface area contributed by atoms with Gasteiger partial charge in [0.2, 0.25) is 10.0 Å². The maximum atomic E-state index is 12.6. The van der Waals surface area contributed by atoms with Crippen LogP contribution >= 0.6 is 0 Å². The summed E-state index contributed by atoms with van der Waals surface area (Å²) in [6.45, 7) is 5.50. The summed E-state index contributed by atoms with van der Waals surface area (Å²) in [6, 6.07) is 14.2. The number of nitrogens with one attached hydrogen (secondary N) is 2. The fourth-order valence-electron chi connectivity index (χ4n) is 3.83. The Bertz CT molecular complexity index is 1540. The number of nitrogens with zero attached hydrogens (tertiary/aromatic N) is 4. The number of carbonyl (C=O) groups is 1. The van der Waals surface area contributed by atoms with E-state index in [9.17, 15) is 13.2 Å². The first-order valence-corrected chi connectivity index (χ1v) is 14.4. The quantitative estimate of drug-likeness (QED) is 0.206. The number of nitrogen functional groups attached to an aromatic ring is 1. The highest BCUT2D eigenvalue weighted by Gasteiger charge is 2.14. The largest absolute Gasteiger partial charge is 0.464 e. The maximum absolute atomic E-state index is 12.6. The minimum atomic E-state index is -3.66. The number of aromatic nitrogens is 4. The fraction of sp³-hybridized carbons (Fsp3) is 0.333. The summed E-state index contributed by atoms with van der Waals surface area (Å²) < 4.78 is 40.3. The number of sulfonamides is 1. The lowest BCUT2D eigenvalue weighted by molar-refractivity contribution is 0.143. The number of nitrogens with two attached hydrogens (primary N) is 1. The molecule has 212 valence electrons. The predicted octanol–water partition coefficient (Wildman–Crippen LogP) is 3.30. The zero-order chi connectivity index (χ0) is 28.5. The number of amides is 1. The van der Waals surface area contributed by atoms with Crippen LogP contribution in [-0.4, -0.2) is 47.2 Å². The molecule has 0 atom stereocenters. The standard InChI is InChI=1S/C27H33N7O5S/c1-3-38-26-32-24(28)23-25(33-26)34(18-30-23)14-4-5-15-39-27(35)29-16-20-10-12-22(13-11-20)40(36,37)31-17-21-8-6-19(2)7-9-21/h6-13,18,31H,3-5,14-17H2,1-2H3,(H,29,35)(H2,28,32,33). The summed E-state index contributed by atoms with van der Waals surface area (Å²) in [5, 5.41) is 2.68. The monoisotopic (exact) mass is 567 g/mol. The van der Waals surface area contributed by atoms with Gasteiger partial charge in [0.1, 0.15) is 5.52 Å². The van der Waals surface area contributed by atoms with Crippen LogP contribution in [0, 0.1) is 6.92 Å². The van der Waals surface area contributed by atoms with Gasteiger partial charge in [-0.15, -0.1) is 0 Å². The summed E-state index contributed by atoms with van der Waals surface area (Å²) in [5.41, 5.74) is 9.78. The molecular weight excluding hydrogens is 534 g/mol. The number of imidazole rings is 1. The average molecular weight is 568 g/mol. The normalized spacial score (nSPS) is 11.4. The van der Waals surface area contributed by atoms with Crippen molar-refractivity contribution >= 4 is 33.1 Å². The second-order valence-electron chi connectivity index (χ2n) is 9.09. The summed E-state index contributed by atoms with van der Waals surface area (Å²) in [6.07, 6.45) is 2.45. The van der Waals surface area contributed by atoms with Gasteiger partial charge in [0.15, 0.2) is 11.5 Å². The first-order valence-electron chi connectivity index (χ1n) is 12.9. The van der Waals surface area contributed by atoms with E-state index < -0.39 is 16.1 Å². The van der Waals surface area contributed by atoms with E-state index in [0.29, 0.717) is 30.7 Å². The first-order chi connectivity index (χ1) is 19.2. The number of carbonyl (C=O) groups excluding carboxylic acids is 1. The molecule has 0 saturated carbocycles. The molecule has 0 bridgehead atoms. The third-order valence-corrected chi connectivity index (χ3v) is 7.44. The first kappa shape index (κ1) is 28.8. The fourth-order valence-corrected chi connectivity index (χ4v) is 4.85. The van der Waals surface area contributed by atoms with Crippen molar-refractivity contribution in [2.75, 3.05) is 18.9 Å². The van der Waals surface area contributed by atoms with Crippen molar-refractivity contribution in [1.29, 1.82) is 0 Å². The van der Waals surface area contributed by atoms with E-state index in [4.69, 9.17) is 15.2 Å². The van der Waals surface area contributed by atoms with Crippen molar-refractivity contribution in [3.8, 4) is 6.01 Å². The van der Waals surface area contributed by atoms with Gasteiger partial charge in [0, 0.05) is 19.6 Å². The third kappa shape index (κ3) is 7.67. The molecule has 1 amide bonds. The molecule has 40 heavy (non-hydrogen) atoms. The van der Waals surface area contributed by atoms with E-state index in [1.54, 1.807) is 18.5 Å².